The zero-order valence-electron chi connectivity index (χ0n) is 11.3. The van der Waals surface area contributed by atoms with Gasteiger partial charge in [0.25, 0.3) is 0 Å². The maximum atomic E-state index is 13.9. The van der Waals surface area contributed by atoms with Gasteiger partial charge in [0.05, 0.1) is 7.11 Å². The van der Waals surface area contributed by atoms with Crippen LogP contribution >= 0.6 is 0 Å². The molecule has 2 aromatic rings. The quantitative estimate of drug-likeness (QED) is 0.916. The number of hydrogen-bond donors (Lipinski definition) is 1. The lowest BCUT2D eigenvalue weighted by Gasteiger charge is -2.25. The van der Waals surface area contributed by atoms with E-state index in [0.29, 0.717) is 11.3 Å². The van der Waals surface area contributed by atoms with E-state index in [1.54, 1.807) is 50.4 Å². The minimum absolute atomic E-state index is 0.276. The van der Waals surface area contributed by atoms with Crippen molar-refractivity contribution >= 4 is 0 Å². The molecule has 1 atom stereocenters. The van der Waals surface area contributed by atoms with Crippen LogP contribution in [0.2, 0.25) is 0 Å². The second-order valence-corrected chi connectivity index (χ2v) is 4.78. The number of rotatable bonds is 3. The van der Waals surface area contributed by atoms with Gasteiger partial charge in [0.15, 0.2) is 0 Å². The van der Waals surface area contributed by atoms with Crippen LogP contribution in [-0.2, 0) is 5.60 Å². The normalized spacial score (nSPS) is 13.9. The molecule has 1 N–H and O–H groups in total. The summed E-state index contributed by atoms with van der Waals surface area (Å²) >= 11 is 0. The Bertz CT molecular complexity index is 574. The van der Waals surface area contributed by atoms with Crippen molar-refractivity contribution in [3.05, 3.63) is 65.0 Å². The van der Waals surface area contributed by atoms with Crippen molar-refractivity contribution in [3.63, 3.8) is 0 Å². The van der Waals surface area contributed by atoms with Crippen molar-refractivity contribution in [1.29, 1.82) is 0 Å². The molecule has 0 aliphatic carbocycles. The molecule has 0 saturated heterocycles. The molecule has 0 amide bonds. The van der Waals surface area contributed by atoms with Gasteiger partial charge >= 0.3 is 0 Å². The van der Waals surface area contributed by atoms with Crippen LogP contribution < -0.4 is 4.74 Å². The second-order valence-electron chi connectivity index (χ2n) is 4.78. The van der Waals surface area contributed by atoms with Crippen molar-refractivity contribution in [2.45, 2.75) is 19.4 Å². The third kappa shape index (κ3) is 2.61. The summed E-state index contributed by atoms with van der Waals surface area (Å²) in [6.07, 6.45) is 0. The summed E-state index contributed by atoms with van der Waals surface area (Å²) in [5.41, 5.74) is 0.434. The lowest BCUT2D eigenvalue weighted by Crippen LogP contribution is -2.24. The third-order valence-corrected chi connectivity index (χ3v) is 3.30. The molecule has 0 aromatic heterocycles. The Morgan fingerprint density at radius 1 is 1.11 bits per heavy atom. The van der Waals surface area contributed by atoms with Crippen LogP contribution in [-0.4, -0.2) is 12.2 Å². The molecule has 1 unspecified atom stereocenters. The summed E-state index contributed by atoms with van der Waals surface area (Å²) in [6.45, 7) is 3.46. The van der Waals surface area contributed by atoms with Crippen LogP contribution in [0.15, 0.2) is 42.5 Å². The molecule has 2 nitrogen and oxygen atoms in total. The topological polar surface area (TPSA) is 29.5 Å². The van der Waals surface area contributed by atoms with E-state index in [-0.39, 0.29) is 5.56 Å². The molecule has 2 rings (SSSR count). The first-order valence-electron chi connectivity index (χ1n) is 6.08. The molecular weight excluding hydrogens is 243 g/mol. The van der Waals surface area contributed by atoms with E-state index in [2.05, 4.69) is 0 Å². The van der Waals surface area contributed by atoms with Crippen LogP contribution in [0.3, 0.4) is 0 Å². The first kappa shape index (κ1) is 13.6. The smallest absolute Gasteiger partial charge is 0.129 e. The van der Waals surface area contributed by atoms with Crippen LogP contribution in [0.5, 0.6) is 5.75 Å². The summed E-state index contributed by atoms with van der Waals surface area (Å²) < 4.78 is 19.0. The molecule has 100 valence electrons. The van der Waals surface area contributed by atoms with Gasteiger partial charge in [0.2, 0.25) is 0 Å². The summed E-state index contributed by atoms with van der Waals surface area (Å²) in [5.74, 6) is 0.288. The number of aliphatic hydroxyl groups is 1. The molecule has 0 heterocycles. The molecule has 19 heavy (non-hydrogen) atoms. The highest BCUT2D eigenvalue weighted by atomic mass is 19.1. The first-order chi connectivity index (χ1) is 8.95. The Hall–Kier alpha value is -1.87. The second kappa shape index (κ2) is 5.02. The van der Waals surface area contributed by atoms with E-state index >= 15 is 0 Å². The third-order valence-electron chi connectivity index (χ3n) is 3.30. The highest BCUT2D eigenvalue weighted by molar-refractivity contribution is 5.40. The fourth-order valence-corrected chi connectivity index (χ4v) is 2.08. The van der Waals surface area contributed by atoms with Gasteiger partial charge in [0.1, 0.15) is 17.2 Å². The van der Waals surface area contributed by atoms with Gasteiger partial charge in [-0.3, -0.25) is 0 Å². The fraction of sp³-hybridized carbons (Fsp3) is 0.250. The Kier molecular flexibility index (Phi) is 3.58. The number of methoxy groups -OCH3 is 1. The van der Waals surface area contributed by atoms with E-state index < -0.39 is 11.4 Å². The standard InChI is InChI=1S/C16H17FO2/c1-11-4-9-15(17)14(10-11)16(2,18)12-5-7-13(19-3)8-6-12/h4-10,18H,1-3H3. The predicted molar refractivity (Wildman–Crippen MR) is 72.8 cm³/mol. The molecule has 0 radical (unpaired) electrons. The minimum atomic E-state index is -1.37. The summed E-state index contributed by atoms with van der Waals surface area (Å²) in [4.78, 5) is 0. The van der Waals surface area contributed by atoms with E-state index in [4.69, 9.17) is 4.74 Å². The van der Waals surface area contributed by atoms with Crippen LogP contribution in [0.4, 0.5) is 4.39 Å². The maximum Gasteiger partial charge on any atom is 0.129 e. The predicted octanol–water partition coefficient (Wildman–Crippen LogP) is 3.40. The average Bonchev–Trinajstić information content (AvgIpc) is 2.41. The van der Waals surface area contributed by atoms with Gasteiger partial charge in [-0.15, -0.1) is 0 Å². The Morgan fingerprint density at radius 2 is 1.74 bits per heavy atom. The molecule has 0 aliphatic heterocycles. The lowest BCUT2D eigenvalue weighted by atomic mass is 9.87. The summed E-state index contributed by atoms with van der Waals surface area (Å²) in [6, 6.07) is 11.7. The Balaban J connectivity index is 2.48. The SMILES string of the molecule is COc1ccc(C(C)(O)c2cc(C)ccc2F)cc1. The van der Waals surface area contributed by atoms with Crippen molar-refractivity contribution in [2.75, 3.05) is 7.11 Å². The molecule has 0 bridgehead atoms. The zero-order valence-corrected chi connectivity index (χ0v) is 11.3. The molecule has 0 fully saturated rings. The minimum Gasteiger partial charge on any atom is -0.497 e. The van der Waals surface area contributed by atoms with Crippen LogP contribution in [0.1, 0.15) is 23.6 Å². The van der Waals surface area contributed by atoms with Gasteiger partial charge < -0.3 is 9.84 Å². The highest BCUT2D eigenvalue weighted by Gasteiger charge is 2.28. The summed E-state index contributed by atoms with van der Waals surface area (Å²) in [5, 5.41) is 10.6. The number of aryl methyl sites for hydroxylation is 1. The average molecular weight is 260 g/mol. The van der Waals surface area contributed by atoms with Crippen molar-refractivity contribution in [2.24, 2.45) is 0 Å². The highest BCUT2D eigenvalue weighted by Crippen LogP contribution is 2.32. The van der Waals surface area contributed by atoms with Gasteiger partial charge in [-0.05, 0) is 43.7 Å². The molecule has 2 aromatic carbocycles. The zero-order chi connectivity index (χ0) is 14.0. The van der Waals surface area contributed by atoms with E-state index in [1.165, 1.54) is 6.07 Å². The molecule has 3 heteroatoms. The van der Waals surface area contributed by atoms with E-state index in [9.17, 15) is 9.50 Å². The van der Waals surface area contributed by atoms with Gasteiger partial charge in [-0.25, -0.2) is 4.39 Å². The molecule has 0 saturated carbocycles. The van der Waals surface area contributed by atoms with Crippen molar-refractivity contribution in [3.8, 4) is 5.75 Å². The van der Waals surface area contributed by atoms with Gasteiger partial charge in [-0.2, -0.15) is 0 Å². The Labute approximate surface area is 112 Å². The Morgan fingerprint density at radius 3 is 2.32 bits per heavy atom. The number of benzene rings is 2. The lowest BCUT2D eigenvalue weighted by molar-refractivity contribution is 0.0978. The fourth-order valence-electron chi connectivity index (χ4n) is 2.08. The van der Waals surface area contributed by atoms with Crippen molar-refractivity contribution < 1.29 is 14.2 Å². The molecular formula is C16H17FO2. The number of ether oxygens (including phenoxy) is 1. The number of hydrogen-bond acceptors (Lipinski definition) is 2. The van der Waals surface area contributed by atoms with E-state index in [1.807, 2.05) is 6.92 Å². The van der Waals surface area contributed by atoms with Crippen LogP contribution in [0, 0.1) is 12.7 Å². The molecule has 0 spiro atoms. The van der Waals surface area contributed by atoms with Gasteiger partial charge in [0, 0.05) is 5.56 Å². The van der Waals surface area contributed by atoms with Gasteiger partial charge in [-0.1, -0.05) is 23.8 Å². The number of halogens is 1. The van der Waals surface area contributed by atoms with Crippen molar-refractivity contribution in [1.82, 2.24) is 0 Å². The first-order valence-corrected chi connectivity index (χ1v) is 6.08. The summed E-state index contributed by atoms with van der Waals surface area (Å²) in [7, 11) is 1.58. The maximum absolute atomic E-state index is 13.9. The monoisotopic (exact) mass is 260 g/mol. The molecule has 0 aliphatic rings. The largest absolute Gasteiger partial charge is 0.497 e. The van der Waals surface area contributed by atoms with Crippen LogP contribution in [0.25, 0.3) is 0 Å². The van der Waals surface area contributed by atoms with E-state index in [0.717, 1.165) is 5.56 Å².